The number of ether oxygens (including phenoxy) is 1. The Morgan fingerprint density at radius 2 is 1.76 bits per heavy atom. The summed E-state index contributed by atoms with van der Waals surface area (Å²) < 4.78 is 33.5. The van der Waals surface area contributed by atoms with E-state index in [-0.39, 0.29) is 11.9 Å². The van der Waals surface area contributed by atoms with Gasteiger partial charge in [0, 0.05) is 40.9 Å². The van der Waals surface area contributed by atoms with E-state index in [1.165, 1.54) is 12.1 Å². The van der Waals surface area contributed by atoms with Gasteiger partial charge < -0.3 is 15.4 Å². The van der Waals surface area contributed by atoms with Crippen LogP contribution in [0, 0.1) is 11.6 Å². The fraction of sp³-hybridized carbons (Fsp3) is 0.286. The van der Waals surface area contributed by atoms with E-state index < -0.39 is 11.6 Å². The van der Waals surface area contributed by atoms with Crippen LogP contribution in [0.4, 0.5) is 20.3 Å². The molecule has 1 aliphatic rings. The molecule has 0 saturated carbocycles. The second-order valence-corrected chi connectivity index (χ2v) is 9.50. The van der Waals surface area contributed by atoms with Crippen molar-refractivity contribution in [3.63, 3.8) is 0 Å². The Bertz CT molecular complexity index is 1370. The van der Waals surface area contributed by atoms with Crippen molar-refractivity contribution < 1.29 is 18.3 Å². The van der Waals surface area contributed by atoms with Crippen LogP contribution in [0.25, 0.3) is 10.9 Å². The number of carbonyl (C=O) groups is 1. The molecule has 1 amide bonds. The second-order valence-electron chi connectivity index (χ2n) is 8.58. The highest BCUT2D eigenvalue weighted by molar-refractivity contribution is 9.10. The lowest BCUT2D eigenvalue weighted by molar-refractivity contribution is 0.0904. The van der Waals surface area contributed by atoms with Gasteiger partial charge in [0.25, 0.3) is 5.91 Å². The van der Waals surface area contributed by atoms with Crippen LogP contribution >= 0.6 is 15.9 Å². The quantitative estimate of drug-likeness (QED) is 0.232. The fourth-order valence-corrected chi connectivity index (χ4v) is 4.65. The molecule has 37 heavy (non-hydrogen) atoms. The van der Waals surface area contributed by atoms with Crippen LogP contribution in [-0.2, 0) is 11.2 Å². The van der Waals surface area contributed by atoms with E-state index in [4.69, 9.17) is 4.74 Å². The largest absolute Gasteiger partial charge is 0.381 e. The summed E-state index contributed by atoms with van der Waals surface area (Å²) >= 11 is 3.49. The molecule has 1 aromatic heterocycles. The van der Waals surface area contributed by atoms with Crippen LogP contribution in [0.15, 0.2) is 59.1 Å². The smallest absolute Gasteiger partial charge is 0.258 e. The molecule has 1 saturated heterocycles. The maximum atomic E-state index is 13.6. The first-order chi connectivity index (χ1) is 17.9. The highest BCUT2D eigenvalue weighted by Crippen LogP contribution is 2.27. The first kappa shape index (κ1) is 26.8. The molecule has 194 valence electrons. The van der Waals surface area contributed by atoms with E-state index in [9.17, 15) is 13.6 Å². The van der Waals surface area contributed by atoms with Crippen LogP contribution in [0.5, 0.6) is 0 Å². The molecule has 3 aromatic carbocycles. The topological polar surface area (TPSA) is 79.0 Å². The Morgan fingerprint density at radius 3 is 2.49 bits per heavy atom. The number of fused-ring (bicyclic) bond motifs is 1. The Kier molecular flexibility index (Phi) is 8.89. The summed E-state index contributed by atoms with van der Waals surface area (Å²) in [6.45, 7) is 5.38. The van der Waals surface area contributed by atoms with Crippen molar-refractivity contribution in [1.29, 1.82) is 0 Å². The summed E-state index contributed by atoms with van der Waals surface area (Å²) in [5, 5.41) is 14.3. The lowest BCUT2D eigenvalue weighted by Crippen LogP contribution is -2.29. The first-order valence-electron chi connectivity index (χ1n) is 12.3. The molecule has 4 aromatic rings. The number of aromatic nitrogens is 2. The zero-order valence-electron chi connectivity index (χ0n) is 20.7. The number of aromatic amines is 1. The number of nitrogens with zero attached hydrogens (tertiary/aromatic N) is 1. The molecule has 3 N–H and O–H groups in total. The predicted molar refractivity (Wildman–Crippen MR) is 146 cm³/mol. The van der Waals surface area contributed by atoms with Gasteiger partial charge in [-0.05, 0) is 72.9 Å². The van der Waals surface area contributed by atoms with Gasteiger partial charge in [0.05, 0.1) is 11.1 Å². The van der Waals surface area contributed by atoms with Crippen molar-refractivity contribution in [2.24, 2.45) is 0 Å². The van der Waals surface area contributed by atoms with E-state index in [0.29, 0.717) is 42.0 Å². The van der Waals surface area contributed by atoms with Crippen molar-refractivity contribution in [2.45, 2.75) is 39.2 Å². The average Bonchev–Trinajstić information content (AvgIpc) is 3.27. The van der Waals surface area contributed by atoms with Crippen molar-refractivity contribution in [1.82, 2.24) is 10.2 Å². The van der Waals surface area contributed by atoms with Gasteiger partial charge in [-0.3, -0.25) is 9.89 Å². The van der Waals surface area contributed by atoms with Crippen LogP contribution in [0.1, 0.15) is 48.2 Å². The Morgan fingerprint density at radius 1 is 1.03 bits per heavy atom. The minimum atomic E-state index is -0.614. The Hall–Kier alpha value is -3.30. The molecule has 0 atom stereocenters. The summed E-state index contributed by atoms with van der Waals surface area (Å²) in [5.74, 6) is -1.13. The van der Waals surface area contributed by atoms with Gasteiger partial charge in [0.1, 0.15) is 11.6 Å². The predicted octanol–water partition coefficient (Wildman–Crippen LogP) is 7.06. The van der Waals surface area contributed by atoms with Crippen LogP contribution in [-0.4, -0.2) is 35.4 Å². The molecule has 0 unspecified atom stereocenters. The molecular formula is C28H29BrF2N4O2. The van der Waals surface area contributed by atoms with Crippen LogP contribution in [0.2, 0.25) is 0 Å². The third-order valence-electron chi connectivity index (χ3n) is 6.00. The number of halogens is 3. The zero-order chi connectivity index (χ0) is 26.4. The molecule has 0 bridgehead atoms. The van der Waals surface area contributed by atoms with Gasteiger partial charge in [-0.15, -0.1) is 0 Å². The number of H-pyrrole nitrogens is 1. The number of hydrogen-bond acceptors (Lipinski definition) is 4. The standard InChI is InChI=1S/C26H23BrF2N4O2.C2H6/c27-17-2-3-21(24(13-17)30-20-5-7-35-8-6-20)26(34)31-25-22-12-15(1-4-23(22)32-33-25)9-16-10-18(28)14-19(29)11-16;1-2/h1-4,10-14,20,30H,5-9H2,(H2,31,32,33,34);1-2H3. The summed E-state index contributed by atoms with van der Waals surface area (Å²) in [6.07, 6.45) is 2.08. The lowest BCUT2D eigenvalue weighted by Gasteiger charge is -2.25. The zero-order valence-corrected chi connectivity index (χ0v) is 22.3. The average molecular weight is 571 g/mol. The van der Waals surface area contributed by atoms with E-state index in [1.807, 2.05) is 44.2 Å². The monoisotopic (exact) mass is 570 g/mol. The van der Waals surface area contributed by atoms with Crippen LogP contribution in [0.3, 0.4) is 0 Å². The number of carbonyl (C=O) groups excluding carboxylic acids is 1. The van der Waals surface area contributed by atoms with Gasteiger partial charge in [0.2, 0.25) is 0 Å². The highest BCUT2D eigenvalue weighted by Gasteiger charge is 2.19. The molecule has 0 aliphatic carbocycles. The van der Waals surface area contributed by atoms with Crippen molar-refractivity contribution >= 4 is 44.2 Å². The van der Waals surface area contributed by atoms with Gasteiger partial charge in [0.15, 0.2) is 5.82 Å². The Labute approximate surface area is 222 Å². The molecular weight excluding hydrogens is 542 g/mol. The molecule has 0 spiro atoms. The molecule has 1 aliphatic heterocycles. The normalized spacial score (nSPS) is 13.6. The molecule has 5 rings (SSSR count). The van der Waals surface area contributed by atoms with Gasteiger partial charge in [-0.1, -0.05) is 35.8 Å². The van der Waals surface area contributed by atoms with Gasteiger partial charge in [-0.2, -0.15) is 5.10 Å². The number of hydrogen-bond donors (Lipinski definition) is 3. The minimum absolute atomic E-state index is 0.228. The number of benzene rings is 3. The SMILES string of the molecule is CC.O=C(Nc1n[nH]c2ccc(Cc3cc(F)cc(F)c3)cc12)c1ccc(Br)cc1NC1CCOCC1. The second kappa shape index (κ2) is 12.3. The van der Waals surface area contributed by atoms with Crippen molar-refractivity contribution in [3.05, 3.63) is 87.4 Å². The third kappa shape index (κ3) is 6.72. The van der Waals surface area contributed by atoms with E-state index >= 15 is 0 Å². The lowest BCUT2D eigenvalue weighted by atomic mass is 10.0. The summed E-state index contributed by atoms with van der Waals surface area (Å²) in [6, 6.07) is 14.7. The fourth-order valence-electron chi connectivity index (χ4n) is 4.29. The molecule has 9 heteroatoms. The molecule has 0 radical (unpaired) electrons. The number of rotatable bonds is 6. The number of nitrogens with one attached hydrogen (secondary N) is 3. The van der Waals surface area contributed by atoms with E-state index in [0.717, 1.165) is 40.1 Å². The van der Waals surface area contributed by atoms with Crippen molar-refractivity contribution in [2.75, 3.05) is 23.8 Å². The van der Waals surface area contributed by atoms with E-state index in [1.54, 1.807) is 6.07 Å². The number of amides is 1. The van der Waals surface area contributed by atoms with E-state index in [2.05, 4.69) is 36.8 Å². The minimum Gasteiger partial charge on any atom is -0.381 e. The third-order valence-corrected chi connectivity index (χ3v) is 6.49. The van der Waals surface area contributed by atoms with Gasteiger partial charge >= 0.3 is 0 Å². The summed E-state index contributed by atoms with van der Waals surface area (Å²) in [5.41, 5.74) is 3.34. The molecule has 1 fully saturated rings. The van der Waals surface area contributed by atoms with Crippen LogP contribution < -0.4 is 10.6 Å². The first-order valence-corrected chi connectivity index (χ1v) is 13.1. The molecule has 2 heterocycles. The van der Waals surface area contributed by atoms with Gasteiger partial charge in [-0.25, -0.2) is 8.78 Å². The number of anilines is 2. The molecule has 6 nitrogen and oxygen atoms in total. The summed E-state index contributed by atoms with van der Waals surface area (Å²) in [4.78, 5) is 13.3. The summed E-state index contributed by atoms with van der Waals surface area (Å²) in [7, 11) is 0. The Balaban J connectivity index is 0.00000156. The van der Waals surface area contributed by atoms with Crippen molar-refractivity contribution in [3.8, 4) is 0 Å². The maximum absolute atomic E-state index is 13.6. The highest BCUT2D eigenvalue weighted by atomic mass is 79.9. The maximum Gasteiger partial charge on any atom is 0.258 e.